The van der Waals surface area contributed by atoms with Crippen molar-refractivity contribution in [2.24, 2.45) is 0 Å². The first-order valence-electron chi connectivity index (χ1n) is 5.46. The van der Waals surface area contributed by atoms with Crippen molar-refractivity contribution < 1.29 is 4.52 Å². The SMILES string of the molecule is Cc1cc(Cl)cc2c(-c3ccc(Br)cc3)onc12. The predicted molar refractivity (Wildman–Crippen MR) is 76.9 cm³/mol. The maximum absolute atomic E-state index is 6.09. The molecule has 18 heavy (non-hydrogen) atoms. The fraction of sp³-hybridized carbons (Fsp3) is 0.0714. The van der Waals surface area contributed by atoms with Crippen LogP contribution < -0.4 is 0 Å². The van der Waals surface area contributed by atoms with Crippen LogP contribution in [0.5, 0.6) is 0 Å². The lowest BCUT2D eigenvalue weighted by Gasteiger charge is -1.99. The monoisotopic (exact) mass is 321 g/mol. The Kier molecular flexibility index (Phi) is 2.88. The number of hydrogen-bond acceptors (Lipinski definition) is 2. The topological polar surface area (TPSA) is 26.0 Å². The van der Waals surface area contributed by atoms with E-state index < -0.39 is 0 Å². The molecule has 3 aromatic rings. The maximum atomic E-state index is 6.09. The molecule has 2 nitrogen and oxygen atoms in total. The Hall–Kier alpha value is -1.32. The summed E-state index contributed by atoms with van der Waals surface area (Å²) in [6.45, 7) is 1.97. The molecule has 0 aliphatic carbocycles. The molecule has 0 saturated heterocycles. The number of aryl methyl sites for hydroxylation is 1. The van der Waals surface area contributed by atoms with E-state index in [1.165, 1.54) is 0 Å². The van der Waals surface area contributed by atoms with E-state index in [0.29, 0.717) is 5.02 Å². The first kappa shape index (κ1) is 11.8. The lowest BCUT2D eigenvalue weighted by Crippen LogP contribution is -1.78. The van der Waals surface area contributed by atoms with Crippen molar-refractivity contribution in [3.8, 4) is 11.3 Å². The Morgan fingerprint density at radius 2 is 1.89 bits per heavy atom. The molecule has 0 saturated carbocycles. The molecule has 2 aromatic carbocycles. The lowest BCUT2D eigenvalue weighted by molar-refractivity contribution is 0.440. The second-order valence-electron chi connectivity index (χ2n) is 4.14. The highest BCUT2D eigenvalue weighted by Crippen LogP contribution is 2.32. The minimum atomic E-state index is 0.696. The van der Waals surface area contributed by atoms with Gasteiger partial charge in [-0.25, -0.2) is 0 Å². The highest BCUT2D eigenvalue weighted by molar-refractivity contribution is 9.10. The van der Waals surface area contributed by atoms with E-state index in [9.17, 15) is 0 Å². The van der Waals surface area contributed by atoms with Crippen LogP contribution in [0, 0.1) is 6.92 Å². The Morgan fingerprint density at radius 1 is 1.17 bits per heavy atom. The summed E-state index contributed by atoms with van der Waals surface area (Å²) in [6.07, 6.45) is 0. The number of rotatable bonds is 1. The minimum absolute atomic E-state index is 0.696. The zero-order valence-electron chi connectivity index (χ0n) is 9.58. The highest BCUT2D eigenvalue weighted by atomic mass is 79.9. The van der Waals surface area contributed by atoms with E-state index in [1.807, 2.05) is 43.3 Å². The Labute approximate surface area is 118 Å². The summed E-state index contributed by atoms with van der Waals surface area (Å²) in [5, 5.41) is 5.76. The fourth-order valence-electron chi connectivity index (χ4n) is 1.98. The number of nitrogens with zero attached hydrogens (tertiary/aromatic N) is 1. The van der Waals surface area contributed by atoms with E-state index in [1.54, 1.807) is 0 Å². The van der Waals surface area contributed by atoms with Crippen LogP contribution in [0.1, 0.15) is 5.56 Å². The summed E-state index contributed by atoms with van der Waals surface area (Å²) in [6, 6.07) is 11.7. The van der Waals surface area contributed by atoms with Crippen LogP contribution >= 0.6 is 27.5 Å². The predicted octanol–water partition coefficient (Wildman–Crippen LogP) is 5.22. The van der Waals surface area contributed by atoms with Crippen LogP contribution in [-0.4, -0.2) is 5.16 Å². The normalized spacial score (nSPS) is 11.1. The van der Waals surface area contributed by atoms with Gasteiger partial charge in [0.25, 0.3) is 0 Å². The average molecular weight is 323 g/mol. The first-order valence-corrected chi connectivity index (χ1v) is 6.64. The third-order valence-corrected chi connectivity index (χ3v) is 3.59. The molecule has 0 amide bonds. The molecule has 0 spiro atoms. The molecule has 0 unspecified atom stereocenters. The summed E-state index contributed by atoms with van der Waals surface area (Å²) in [5.74, 6) is 0.753. The molecule has 3 rings (SSSR count). The third kappa shape index (κ3) is 1.93. The second kappa shape index (κ2) is 4.41. The molecular weight excluding hydrogens is 314 g/mol. The summed E-state index contributed by atoms with van der Waals surface area (Å²) in [4.78, 5) is 0. The number of hydrogen-bond donors (Lipinski definition) is 0. The van der Waals surface area contributed by atoms with Crippen LogP contribution in [0.4, 0.5) is 0 Å². The Balaban J connectivity index is 2.27. The van der Waals surface area contributed by atoms with Gasteiger partial charge in [0, 0.05) is 15.1 Å². The van der Waals surface area contributed by atoms with Gasteiger partial charge in [-0.1, -0.05) is 32.7 Å². The quantitative estimate of drug-likeness (QED) is 0.614. The second-order valence-corrected chi connectivity index (χ2v) is 5.49. The summed E-state index contributed by atoms with van der Waals surface area (Å²) in [5.41, 5.74) is 2.87. The van der Waals surface area contributed by atoms with Gasteiger partial charge in [-0.05, 0) is 48.9 Å². The summed E-state index contributed by atoms with van der Waals surface area (Å²) >= 11 is 9.50. The molecular formula is C14H9BrClNO. The van der Waals surface area contributed by atoms with Gasteiger partial charge >= 0.3 is 0 Å². The van der Waals surface area contributed by atoms with Crippen molar-refractivity contribution in [2.75, 3.05) is 0 Å². The van der Waals surface area contributed by atoms with E-state index in [2.05, 4.69) is 21.1 Å². The fourth-order valence-corrected chi connectivity index (χ4v) is 2.52. The van der Waals surface area contributed by atoms with Crippen molar-refractivity contribution in [3.05, 3.63) is 51.5 Å². The minimum Gasteiger partial charge on any atom is -0.355 e. The van der Waals surface area contributed by atoms with Crippen LogP contribution in [0.2, 0.25) is 5.02 Å². The van der Waals surface area contributed by atoms with Gasteiger partial charge in [-0.3, -0.25) is 0 Å². The van der Waals surface area contributed by atoms with E-state index in [4.69, 9.17) is 16.1 Å². The van der Waals surface area contributed by atoms with Crippen LogP contribution in [0.3, 0.4) is 0 Å². The number of halogens is 2. The number of aromatic nitrogens is 1. The number of benzene rings is 2. The molecule has 1 aromatic heterocycles. The van der Waals surface area contributed by atoms with Gasteiger partial charge in [0.2, 0.25) is 0 Å². The largest absolute Gasteiger partial charge is 0.355 e. The summed E-state index contributed by atoms with van der Waals surface area (Å²) in [7, 11) is 0. The van der Waals surface area contributed by atoms with E-state index in [-0.39, 0.29) is 0 Å². The van der Waals surface area contributed by atoms with E-state index in [0.717, 1.165) is 32.3 Å². The maximum Gasteiger partial charge on any atom is 0.174 e. The van der Waals surface area contributed by atoms with Crippen LogP contribution in [-0.2, 0) is 0 Å². The van der Waals surface area contributed by atoms with Crippen molar-refractivity contribution >= 4 is 38.4 Å². The third-order valence-electron chi connectivity index (χ3n) is 2.84. The van der Waals surface area contributed by atoms with Crippen molar-refractivity contribution in [1.29, 1.82) is 0 Å². The molecule has 0 atom stereocenters. The van der Waals surface area contributed by atoms with E-state index >= 15 is 0 Å². The highest BCUT2D eigenvalue weighted by Gasteiger charge is 2.13. The summed E-state index contributed by atoms with van der Waals surface area (Å²) < 4.78 is 6.48. The molecule has 0 aliphatic heterocycles. The molecule has 0 fully saturated rings. The average Bonchev–Trinajstić information content (AvgIpc) is 2.74. The molecule has 0 aliphatic rings. The Bertz CT molecular complexity index is 718. The molecule has 90 valence electrons. The van der Waals surface area contributed by atoms with Crippen molar-refractivity contribution in [2.45, 2.75) is 6.92 Å². The molecule has 4 heteroatoms. The van der Waals surface area contributed by atoms with Gasteiger partial charge in [0.15, 0.2) is 5.76 Å². The molecule has 0 radical (unpaired) electrons. The molecule has 0 bridgehead atoms. The Morgan fingerprint density at radius 3 is 2.61 bits per heavy atom. The number of fused-ring (bicyclic) bond motifs is 1. The molecule has 1 heterocycles. The standard InChI is InChI=1S/C14H9BrClNO/c1-8-6-11(16)7-12-13(8)17-18-14(12)9-2-4-10(15)5-3-9/h2-7H,1H3. The lowest BCUT2D eigenvalue weighted by atomic mass is 10.1. The first-order chi connectivity index (χ1) is 8.65. The van der Waals surface area contributed by atoms with Gasteiger partial charge in [-0.2, -0.15) is 0 Å². The zero-order valence-corrected chi connectivity index (χ0v) is 11.9. The van der Waals surface area contributed by atoms with Gasteiger partial charge in [-0.15, -0.1) is 0 Å². The van der Waals surface area contributed by atoms with Gasteiger partial charge in [0.05, 0.1) is 5.39 Å². The van der Waals surface area contributed by atoms with Crippen molar-refractivity contribution in [1.82, 2.24) is 5.16 Å². The van der Waals surface area contributed by atoms with Gasteiger partial charge in [0.1, 0.15) is 5.52 Å². The van der Waals surface area contributed by atoms with Crippen LogP contribution in [0.25, 0.3) is 22.2 Å². The van der Waals surface area contributed by atoms with Gasteiger partial charge < -0.3 is 4.52 Å². The van der Waals surface area contributed by atoms with Crippen LogP contribution in [0.15, 0.2) is 45.4 Å². The van der Waals surface area contributed by atoms with Crippen molar-refractivity contribution in [3.63, 3.8) is 0 Å². The smallest absolute Gasteiger partial charge is 0.174 e. The zero-order chi connectivity index (χ0) is 12.7. The molecule has 0 N–H and O–H groups in total.